The van der Waals surface area contributed by atoms with E-state index in [1.165, 1.54) is 12.1 Å². The number of hydrogen-bond acceptors (Lipinski definition) is 7. The van der Waals surface area contributed by atoms with E-state index in [1.807, 2.05) is 0 Å². The molecule has 1 heterocycles. The van der Waals surface area contributed by atoms with Gasteiger partial charge in [-0.15, -0.1) is 0 Å². The molecule has 1 aliphatic rings. The van der Waals surface area contributed by atoms with Gasteiger partial charge >= 0.3 is 5.69 Å². The number of nitrogens with one attached hydrogen (secondary N) is 2. The van der Waals surface area contributed by atoms with E-state index in [-0.39, 0.29) is 17.6 Å². The van der Waals surface area contributed by atoms with Gasteiger partial charge in [0, 0.05) is 12.6 Å². The molecule has 1 saturated carbocycles. The number of nitrogen functional groups attached to an aromatic ring is 1. The van der Waals surface area contributed by atoms with Crippen LogP contribution in [0.1, 0.15) is 19.3 Å². The zero-order valence-electron chi connectivity index (χ0n) is 10.4. The zero-order valence-corrected chi connectivity index (χ0v) is 10.4. The second-order valence-electron chi connectivity index (χ2n) is 4.68. The Bertz CT molecular complexity index is 468. The molecule has 2 rings (SSSR count). The van der Waals surface area contributed by atoms with Crippen LogP contribution in [0.4, 0.5) is 17.3 Å². The van der Waals surface area contributed by atoms with E-state index in [0.29, 0.717) is 18.3 Å². The normalized spacial score (nSPS) is 22.2. The summed E-state index contributed by atoms with van der Waals surface area (Å²) in [5.74, 6) is 6.11. The van der Waals surface area contributed by atoms with Gasteiger partial charge in [0.15, 0.2) is 0 Å². The number of hydrazine groups is 1. The van der Waals surface area contributed by atoms with E-state index in [1.54, 1.807) is 0 Å². The molecule has 1 fully saturated rings. The summed E-state index contributed by atoms with van der Waals surface area (Å²) < 4.78 is 0. The fourth-order valence-electron chi connectivity index (χ4n) is 2.28. The van der Waals surface area contributed by atoms with Gasteiger partial charge in [0.05, 0.1) is 11.0 Å². The van der Waals surface area contributed by atoms with Crippen molar-refractivity contribution in [1.29, 1.82) is 0 Å². The molecule has 2 atom stereocenters. The van der Waals surface area contributed by atoms with Gasteiger partial charge in [-0.1, -0.05) is 0 Å². The summed E-state index contributed by atoms with van der Waals surface area (Å²) in [5, 5.41) is 23.3. The number of aliphatic hydroxyl groups excluding tert-OH is 1. The second kappa shape index (κ2) is 5.81. The molecule has 0 saturated heterocycles. The molecule has 0 amide bonds. The predicted octanol–water partition coefficient (Wildman–Crippen LogP) is 0.848. The SMILES string of the molecule is NNc1ccc([N+](=O)[O-])c(NCC2CCC(O)C2)n1. The molecule has 1 aromatic heterocycles. The van der Waals surface area contributed by atoms with Crippen LogP contribution in [-0.2, 0) is 0 Å². The topological polar surface area (TPSA) is 126 Å². The Hall–Kier alpha value is -1.93. The number of nitro groups is 1. The first-order chi connectivity index (χ1) is 9.10. The molecule has 0 spiro atoms. The minimum Gasteiger partial charge on any atom is -0.393 e. The number of nitrogens with zero attached hydrogens (tertiary/aromatic N) is 2. The highest BCUT2D eigenvalue weighted by Gasteiger charge is 2.24. The first kappa shape index (κ1) is 13.5. The number of nitrogens with two attached hydrogens (primary N) is 1. The van der Waals surface area contributed by atoms with Crippen molar-refractivity contribution < 1.29 is 10.0 Å². The Morgan fingerprint density at radius 2 is 2.32 bits per heavy atom. The smallest absolute Gasteiger partial charge is 0.311 e. The highest BCUT2D eigenvalue weighted by molar-refractivity contribution is 5.59. The minimum atomic E-state index is -0.487. The van der Waals surface area contributed by atoms with Crippen LogP contribution < -0.4 is 16.6 Å². The molecular formula is C11H17N5O3. The van der Waals surface area contributed by atoms with Crippen molar-refractivity contribution in [2.45, 2.75) is 25.4 Å². The lowest BCUT2D eigenvalue weighted by molar-refractivity contribution is -0.384. The fourth-order valence-corrected chi connectivity index (χ4v) is 2.28. The lowest BCUT2D eigenvalue weighted by Gasteiger charge is -2.12. The number of hydrogen-bond donors (Lipinski definition) is 4. The van der Waals surface area contributed by atoms with Gasteiger partial charge in [0.2, 0.25) is 5.82 Å². The lowest BCUT2D eigenvalue weighted by atomic mass is 10.1. The van der Waals surface area contributed by atoms with Gasteiger partial charge in [0.25, 0.3) is 0 Å². The van der Waals surface area contributed by atoms with Crippen molar-refractivity contribution in [2.75, 3.05) is 17.3 Å². The van der Waals surface area contributed by atoms with Crippen LogP contribution in [0.5, 0.6) is 0 Å². The Morgan fingerprint density at radius 3 is 2.89 bits per heavy atom. The molecule has 8 nitrogen and oxygen atoms in total. The van der Waals surface area contributed by atoms with Crippen LogP contribution in [0.15, 0.2) is 12.1 Å². The van der Waals surface area contributed by atoms with Gasteiger partial charge in [-0.3, -0.25) is 10.1 Å². The quantitative estimate of drug-likeness (QED) is 0.354. The first-order valence-corrected chi connectivity index (χ1v) is 6.14. The van der Waals surface area contributed by atoms with Crippen LogP contribution in [0, 0.1) is 16.0 Å². The Labute approximate surface area is 110 Å². The third-order valence-electron chi connectivity index (χ3n) is 3.29. The van der Waals surface area contributed by atoms with Gasteiger partial charge in [-0.25, -0.2) is 10.8 Å². The monoisotopic (exact) mass is 267 g/mol. The Kier molecular flexibility index (Phi) is 4.13. The molecular weight excluding hydrogens is 250 g/mol. The third-order valence-corrected chi connectivity index (χ3v) is 3.29. The van der Waals surface area contributed by atoms with E-state index in [2.05, 4.69) is 15.7 Å². The fraction of sp³-hybridized carbons (Fsp3) is 0.545. The Balaban J connectivity index is 2.06. The molecule has 0 aliphatic heterocycles. The number of anilines is 2. The van der Waals surface area contributed by atoms with Crippen molar-refractivity contribution in [3.05, 3.63) is 22.2 Å². The average molecular weight is 267 g/mol. The van der Waals surface area contributed by atoms with Crippen LogP contribution in [0.25, 0.3) is 0 Å². The summed E-state index contributed by atoms with van der Waals surface area (Å²) in [5.41, 5.74) is 2.27. The number of rotatable bonds is 5. The van der Waals surface area contributed by atoms with Crippen LogP contribution in [0.2, 0.25) is 0 Å². The molecule has 2 unspecified atom stereocenters. The largest absolute Gasteiger partial charge is 0.393 e. The molecule has 8 heteroatoms. The van der Waals surface area contributed by atoms with Gasteiger partial charge in [-0.05, 0) is 31.2 Å². The minimum absolute atomic E-state index is 0.0856. The van der Waals surface area contributed by atoms with E-state index >= 15 is 0 Å². The van der Waals surface area contributed by atoms with Crippen molar-refractivity contribution in [3.63, 3.8) is 0 Å². The zero-order chi connectivity index (χ0) is 13.8. The first-order valence-electron chi connectivity index (χ1n) is 6.14. The molecule has 0 radical (unpaired) electrons. The average Bonchev–Trinajstić information content (AvgIpc) is 2.81. The highest BCUT2D eigenvalue weighted by Crippen LogP contribution is 2.28. The molecule has 19 heavy (non-hydrogen) atoms. The molecule has 104 valence electrons. The molecule has 0 bridgehead atoms. The van der Waals surface area contributed by atoms with Gasteiger partial charge in [-0.2, -0.15) is 0 Å². The van der Waals surface area contributed by atoms with Crippen LogP contribution in [0.3, 0.4) is 0 Å². The van der Waals surface area contributed by atoms with E-state index in [9.17, 15) is 15.2 Å². The maximum absolute atomic E-state index is 10.9. The number of aromatic nitrogens is 1. The summed E-state index contributed by atoms with van der Waals surface area (Å²) in [6.45, 7) is 0.554. The number of pyridine rings is 1. The summed E-state index contributed by atoms with van der Waals surface area (Å²) in [4.78, 5) is 14.5. The van der Waals surface area contributed by atoms with Crippen molar-refractivity contribution >= 4 is 17.3 Å². The summed E-state index contributed by atoms with van der Waals surface area (Å²) in [6.07, 6.45) is 2.16. The maximum Gasteiger partial charge on any atom is 0.311 e. The predicted molar refractivity (Wildman–Crippen MR) is 70.5 cm³/mol. The van der Waals surface area contributed by atoms with Crippen LogP contribution >= 0.6 is 0 Å². The molecule has 0 aromatic carbocycles. The highest BCUT2D eigenvalue weighted by atomic mass is 16.6. The van der Waals surface area contributed by atoms with E-state index in [0.717, 1.165) is 19.3 Å². The third kappa shape index (κ3) is 3.30. The molecule has 1 aliphatic carbocycles. The standard InChI is InChI=1S/C11H17N5O3/c12-15-10-4-3-9(16(18)19)11(14-10)13-6-7-1-2-8(17)5-7/h3-4,7-8,17H,1-2,5-6,12H2,(H2,13,14,15). The number of aliphatic hydroxyl groups is 1. The van der Waals surface area contributed by atoms with Crippen molar-refractivity contribution in [2.24, 2.45) is 11.8 Å². The van der Waals surface area contributed by atoms with Crippen molar-refractivity contribution in [3.8, 4) is 0 Å². The molecule has 1 aromatic rings. The lowest BCUT2D eigenvalue weighted by Crippen LogP contribution is -2.16. The summed E-state index contributed by atoms with van der Waals surface area (Å²) in [6, 6.07) is 2.80. The van der Waals surface area contributed by atoms with Gasteiger partial charge < -0.3 is 15.8 Å². The van der Waals surface area contributed by atoms with E-state index in [4.69, 9.17) is 5.84 Å². The van der Waals surface area contributed by atoms with E-state index < -0.39 is 4.92 Å². The summed E-state index contributed by atoms with van der Waals surface area (Å²) in [7, 11) is 0. The maximum atomic E-state index is 10.9. The van der Waals surface area contributed by atoms with Crippen LogP contribution in [-0.4, -0.2) is 27.7 Å². The second-order valence-corrected chi connectivity index (χ2v) is 4.68. The van der Waals surface area contributed by atoms with Crippen molar-refractivity contribution in [1.82, 2.24) is 4.98 Å². The van der Waals surface area contributed by atoms with Gasteiger partial charge in [0.1, 0.15) is 5.82 Å². The summed E-state index contributed by atoms with van der Waals surface area (Å²) >= 11 is 0. The molecule has 5 N–H and O–H groups in total. The Morgan fingerprint density at radius 1 is 1.53 bits per heavy atom.